The highest BCUT2D eigenvalue weighted by atomic mass is 32.1. The summed E-state index contributed by atoms with van der Waals surface area (Å²) in [6, 6.07) is 6.43. The summed E-state index contributed by atoms with van der Waals surface area (Å²) in [4.78, 5) is 4.25. The lowest BCUT2D eigenvalue weighted by molar-refractivity contribution is 0.432. The highest BCUT2D eigenvalue weighted by molar-refractivity contribution is 7.14. The molecule has 0 spiro atoms. The first-order valence-electron chi connectivity index (χ1n) is 5.58. The van der Waals surface area contributed by atoms with E-state index in [9.17, 15) is 4.39 Å². The minimum absolute atomic E-state index is 0.323. The predicted octanol–water partition coefficient (Wildman–Crippen LogP) is 3.49. The average Bonchev–Trinajstić information content (AvgIpc) is 2.95. The van der Waals surface area contributed by atoms with Crippen molar-refractivity contribution in [1.82, 2.24) is 10.1 Å². The van der Waals surface area contributed by atoms with E-state index in [2.05, 4.69) is 10.1 Å². The van der Waals surface area contributed by atoms with E-state index in [1.807, 2.05) is 18.4 Å². The molecule has 0 bridgehead atoms. The van der Waals surface area contributed by atoms with E-state index in [0.29, 0.717) is 27.8 Å². The van der Waals surface area contributed by atoms with Gasteiger partial charge in [-0.1, -0.05) is 5.16 Å². The van der Waals surface area contributed by atoms with E-state index in [4.69, 9.17) is 10.3 Å². The molecule has 0 aliphatic heterocycles. The van der Waals surface area contributed by atoms with Gasteiger partial charge in [0, 0.05) is 5.56 Å². The zero-order chi connectivity index (χ0) is 13.4. The van der Waals surface area contributed by atoms with E-state index in [-0.39, 0.29) is 5.82 Å². The molecular formula is C13H10FN3OS. The Kier molecular flexibility index (Phi) is 2.79. The molecule has 0 amide bonds. The Bertz CT molecular complexity index is 715. The zero-order valence-corrected chi connectivity index (χ0v) is 10.9. The van der Waals surface area contributed by atoms with Gasteiger partial charge in [-0.3, -0.25) is 0 Å². The zero-order valence-electron chi connectivity index (χ0n) is 10.1. The van der Waals surface area contributed by atoms with E-state index in [1.165, 1.54) is 23.5 Å². The molecule has 4 nitrogen and oxygen atoms in total. The second kappa shape index (κ2) is 4.47. The summed E-state index contributed by atoms with van der Waals surface area (Å²) in [5.41, 5.74) is 7.89. The van der Waals surface area contributed by atoms with Crippen LogP contribution in [0.3, 0.4) is 0 Å². The number of hydrogen-bond donors (Lipinski definition) is 1. The molecule has 0 saturated heterocycles. The molecule has 3 aromatic rings. The molecule has 2 heterocycles. The topological polar surface area (TPSA) is 64.9 Å². The van der Waals surface area contributed by atoms with E-state index in [1.54, 1.807) is 6.07 Å². The number of thiophene rings is 1. The molecule has 0 fully saturated rings. The van der Waals surface area contributed by atoms with Crippen LogP contribution in [-0.2, 0) is 0 Å². The third kappa shape index (κ3) is 2.22. The van der Waals surface area contributed by atoms with Crippen LogP contribution in [0, 0.1) is 12.7 Å². The number of aryl methyl sites for hydroxylation is 1. The lowest BCUT2D eigenvalue weighted by atomic mass is 10.1. The van der Waals surface area contributed by atoms with E-state index >= 15 is 0 Å². The Labute approximate surface area is 112 Å². The molecule has 2 aromatic heterocycles. The van der Waals surface area contributed by atoms with Crippen LogP contribution >= 0.6 is 11.3 Å². The predicted molar refractivity (Wildman–Crippen MR) is 72.2 cm³/mol. The van der Waals surface area contributed by atoms with Crippen LogP contribution in [0.1, 0.15) is 5.56 Å². The molecule has 2 N–H and O–H groups in total. The van der Waals surface area contributed by atoms with Crippen molar-refractivity contribution in [3.05, 3.63) is 41.0 Å². The van der Waals surface area contributed by atoms with Crippen LogP contribution in [0.15, 0.2) is 34.2 Å². The van der Waals surface area contributed by atoms with Gasteiger partial charge in [-0.05, 0) is 42.1 Å². The van der Waals surface area contributed by atoms with Gasteiger partial charge in [-0.15, -0.1) is 11.3 Å². The molecule has 0 aliphatic carbocycles. The van der Waals surface area contributed by atoms with Gasteiger partial charge < -0.3 is 10.3 Å². The van der Waals surface area contributed by atoms with Gasteiger partial charge in [-0.2, -0.15) is 4.98 Å². The fourth-order valence-electron chi connectivity index (χ4n) is 1.81. The minimum atomic E-state index is -0.323. The number of benzene rings is 1. The lowest BCUT2D eigenvalue weighted by Gasteiger charge is -1.97. The van der Waals surface area contributed by atoms with Crippen molar-refractivity contribution in [2.24, 2.45) is 0 Å². The first-order valence-corrected chi connectivity index (χ1v) is 6.46. The Balaban J connectivity index is 2.04. The maximum atomic E-state index is 13.4. The molecule has 0 radical (unpaired) electrons. The SMILES string of the molecule is Cc1cc(F)cc(-c2noc(-c3ccsc3N)n2)c1. The molecule has 96 valence electrons. The highest BCUT2D eigenvalue weighted by Gasteiger charge is 2.14. The van der Waals surface area contributed by atoms with Crippen molar-refractivity contribution >= 4 is 16.3 Å². The molecular weight excluding hydrogens is 265 g/mol. The number of anilines is 1. The smallest absolute Gasteiger partial charge is 0.261 e. The maximum absolute atomic E-state index is 13.4. The Morgan fingerprint density at radius 1 is 1.32 bits per heavy atom. The summed E-state index contributed by atoms with van der Waals surface area (Å²) in [5.74, 6) is 0.371. The molecule has 3 rings (SSSR count). The number of nitrogens with zero attached hydrogens (tertiary/aromatic N) is 2. The van der Waals surface area contributed by atoms with Gasteiger partial charge in [0.25, 0.3) is 5.89 Å². The van der Waals surface area contributed by atoms with Crippen LogP contribution in [0.2, 0.25) is 0 Å². The van der Waals surface area contributed by atoms with E-state index in [0.717, 1.165) is 5.56 Å². The number of aromatic nitrogens is 2. The van der Waals surface area contributed by atoms with Gasteiger partial charge >= 0.3 is 0 Å². The standard InChI is InChI=1S/C13H10FN3OS/c1-7-4-8(6-9(14)5-7)12-16-13(18-17-12)10-2-3-19-11(10)15/h2-6H,15H2,1H3. The Morgan fingerprint density at radius 3 is 2.84 bits per heavy atom. The van der Waals surface area contributed by atoms with Crippen LogP contribution < -0.4 is 5.73 Å². The fraction of sp³-hybridized carbons (Fsp3) is 0.0769. The van der Waals surface area contributed by atoms with Crippen molar-refractivity contribution in [3.63, 3.8) is 0 Å². The van der Waals surface area contributed by atoms with E-state index < -0.39 is 0 Å². The maximum Gasteiger partial charge on any atom is 0.261 e. The van der Waals surface area contributed by atoms with Crippen LogP contribution in [0.4, 0.5) is 9.39 Å². The largest absolute Gasteiger partial charge is 0.390 e. The second-order valence-corrected chi connectivity index (χ2v) is 5.09. The third-order valence-corrected chi connectivity index (χ3v) is 3.40. The molecule has 0 atom stereocenters. The van der Waals surface area contributed by atoms with Crippen LogP contribution in [-0.4, -0.2) is 10.1 Å². The van der Waals surface area contributed by atoms with Gasteiger partial charge in [0.2, 0.25) is 5.82 Å². The molecule has 0 saturated carbocycles. The summed E-state index contributed by atoms with van der Waals surface area (Å²) in [6.45, 7) is 1.81. The Hall–Kier alpha value is -2.21. The highest BCUT2D eigenvalue weighted by Crippen LogP contribution is 2.30. The monoisotopic (exact) mass is 275 g/mol. The van der Waals surface area contributed by atoms with Crippen LogP contribution in [0.5, 0.6) is 0 Å². The summed E-state index contributed by atoms with van der Waals surface area (Å²) in [7, 11) is 0. The first-order chi connectivity index (χ1) is 9.13. The van der Waals surface area contributed by atoms with Gasteiger partial charge in [0.05, 0.1) is 10.6 Å². The minimum Gasteiger partial charge on any atom is -0.390 e. The first kappa shape index (κ1) is 11.9. The summed E-state index contributed by atoms with van der Waals surface area (Å²) >= 11 is 1.40. The van der Waals surface area contributed by atoms with Crippen molar-refractivity contribution in [2.45, 2.75) is 6.92 Å². The van der Waals surface area contributed by atoms with Crippen molar-refractivity contribution < 1.29 is 8.91 Å². The lowest BCUT2D eigenvalue weighted by Crippen LogP contribution is -1.86. The Morgan fingerprint density at radius 2 is 2.16 bits per heavy atom. The number of rotatable bonds is 2. The van der Waals surface area contributed by atoms with Crippen molar-refractivity contribution in [3.8, 4) is 22.8 Å². The van der Waals surface area contributed by atoms with Crippen molar-refractivity contribution in [1.29, 1.82) is 0 Å². The molecule has 1 aromatic carbocycles. The van der Waals surface area contributed by atoms with Crippen molar-refractivity contribution in [2.75, 3.05) is 5.73 Å². The van der Waals surface area contributed by atoms with Gasteiger partial charge in [0.15, 0.2) is 0 Å². The number of hydrogen-bond acceptors (Lipinski definition) is 5. The normalized spacial score (nSPS) is 10.8. The number of nitrogen functional groups attached to an aromatic ring is 1. The summed E-state index contributed by atoms with van der Waals surface area (Å²) < 4.78 is 18.5. The fourth-order valence-corrected chi connectivity index (χ4v) is 2.45. The number of nitrogens with two attached hydrogens (primary N) is 1. The summed E-state index contributed by atoms with van der Waals surface area (Å²) in [5, 5.41) is 6.33. The second-order valence-electron chi connectivity index (χ2n) is 4.14. The van der Waals surface area contributed by atoms with Gasteiger partial charge in [0.1, 0.15) is 5.82 Å². The molecule has 6 heteroatoms. The quantitative estimate of drug-likeness (QED) is 0.777. The molecule has 0 aliphatic rings. The summed E-state index contributed by atoms with van der Waals surface area (Å²) in [6.07, 6.45) is 0. The molecule has 0 unspecified atom stereocenters. The van der Waals surface area contributed by atoms with Crippen LogP contribution in [0.25, 0.3) is 22.8 Å². The average molecular weight is 275 g/mol. The van der Waals surface area contributed by atoms with Gasteiger partial charge in [-0.25, -0.2) is 4.39 Å². The third-order valence-electron chi connectivity index (χ3n) is 2.65. The molecule has 19 heavy (non-hydrogen) atoms. The number of halogens is 1.